The van der Waals surface area contributed by atoms with E-state index in [1.165, 1.54) is 6.07 Å². The van der Waals surface area contributed by atoms with Crippen LogP contribution >= 0.6 is 11.6 Å². The molecule has 2 rings (SSSR count). The van der Waals surface area contributed by atoms with Crippen LogP contribution in [0.25, 0.3) is 0 Å². The van der Waals surface area contributed by atoms with E-state index in [0.29, 0.717) is 10.6 Å². The summed E-state index contributed by atoms with van der Waals surface area (Å²) in [6, 6.07) is 10.1. The second kappa shape index (κ2) is 6.29. The molecule has 0 aliphatic carbocycles. The molecule has 0 fully saturated rings. The molecule has 0 saturated heterocycles. The molecule has 0 heterocycles. The van der Waals surface area contributed by atoms with Gasteiger partial charge in [-0.05, 0) is 24.3 Å². The maximum absolute atomic E-state index is 13.3. The first kappa shape index (κ1) is 13.5. The summed E-state index contributed by atoms with van der Waals surface area (Å²) in [5, 5.41) is 4.13. The van der Waals surface area contributed by atoms with Crippen LogP contribution in [-0.2, 0) is 11.4 Å². The molecule has 0 unspecified atom stereocenters. The van der Waals surface area contributed by atoms with Crippen molar-refractivity contribution in [2.24, 2.45) is 5.16 Å². The molecule has 0 aliphatic heterocycles. The minimum absolute atomic E-state index is 0.0975. The molecule has 2 nitrogen and oxygen atoms in total. The van der Waals surface area contributed by atoms with Gasteiger partial charge in [0, 0.05) is 22.2 Å². The van der Waals surface area contributed by atoms with Crippen LogP contribution < -0.4 is 0 Å². The molecule has 0 saturated carbocycles. The Morgan fingerprint density at radius 2 is 2.00 bits per heavy atom. The minimum atomic E-state index is -0.669. The van der Waals surface area contributed by atoms with E-state index >= 15 is 0 Å². The van der Waals surface area contributed by atoms with Crippen LogP contribution in [0, 0.1) is 11.6 Å². The molecule has 0 bridgehead atoms. The maximum Gasteiger partial charge on any atom is 0.145 e. The Morgan fingerprint density at radius 3 is 2.74 bits per heavy atom. The van der Waals surface area contributed by atoms with Crippen molar-refractivity contribution >= 4 is 17.8 Å². The van der Waals surface area contributed by atoms with Crippen molar-refractivity contribution < 1.29 is 13.6 Å². The lowest BCUT2D eigenvalue weighted by Gasteiger charge is -2.01. The fourth-order valence-electron chi connectivity index (χ4n) is 1.38. The molecular formula is C14H9ClF2NO. The third-order valence-electron chi connectivity index (χ3n) is 2.30. The Kier molecular flexibility index (Phi) is 4.47. The monoisotopic (exact) mass is 280 g/mol. The van der Waals surface area contributed by atoms with E-state index in [1.807, 2.05) is 0 Å². The number of nitrogens with zero attached hydrogens (tertiary/aromatic N) is 1. The molecule has 0 amide bonds. The quantitative estimate of drug-likeness (QED) is 0.612. The average molecular weight is 281 g/mol. The zero-order valence-electron chi connectivity index (χ0n) is 9.74. The second-order valence-electron chi connectivity index (χ2n) is 3.72. The topological polar surface area (TPSA) is 21.6 Å². The van der Waals surface area contributed by atoms with Crippen LogP contribution in [0.2, 0.25) is 5.02 Å². The fourth-order valence-corrected chi connectivity index (χ4v) is 1.57. The van der Waals surface area contributed by atoms with E-state index in [0.717, 1.165) is 12.1 Å². The smallest absolute Gasteiger partial charge is 0.145 e. The van der Waals surface area contributed by atoms with Gasteiger partial charge < -0.3 is 4.84 Å². The normalized spacial score (nSPS) is 10.9. The van der Waals surface area contributed by atoms with Gasteiger partial charge >= 0.3 is 0 Å². The standard InChI is InChI=1S/C14H9ClF2NO/c15-12-3-1-2-10(6-12)8-18-19-9-11-4-5-13(16)7-14(11)17/h1-7H,9H2. The maximum atomic E-state index is 13.3. The Labute approximate surface area is 114 Å². The second-order valence-corrected chi connectivity index (χ2v) is 4.16. The van der Waals surface area contributed by atoms with Gasteiger partial charge in [-0.1, -0.05) is 28.9 Å². The van der Waals surface area contributed by atoms with E-state index in [-0.39, 0.29) is 12.2 Å². The van der Waals surface area contributed by atoms with E-state index in [1.54, 1.807) is 24.3 Å². The minimum Gasteiger partial charge on any atom is -0.390 e. The van der Waals surface area contributed by atoms with E-state index in [9.17, 15) is 8.78 Å². The summed E-state index contributed by atoms with van der Waals surface area (Å²) in [6.45, 7) is -0.0975. The molecule has 2 aromatic rings. The van der Waals surface area contributed by atoms with E-state index in [4.69, 9.17) is 16.4 Å². The third kappa shape index (κ3) is 4.03. The summed E-state index contributed by atoms with van der Waals surface area (Å²) in [4.78, 5) is 4.89. The predicted octanol–water partition coefficient (Wildman–Crippen LogP) is 4.05. The predicted molar refractivity (Wildman–Crippen MR) is 69.1 cm³/mol. The van der Waals surface area contributed by atoms with Crippen molar-refractivity contribution in [3.63, 3.8) is 0 Å². The van der Waals surface area contributed by atoms with Gasteiger partial charge in [0.05, 0.1) is 0 Å². The lowest BCUT2D eigenvalue weighted by molar-refractivity contribution is 0.129. The van der Waals surface area contributed by atoms with Gasteiger partial charge in [0.2, 0.25) is 0 Å². The molecule has 0 spiro atoms. The summed E-state index contributed by atoms with van der Waals surface area (Å²) in [6.07, 6.45) is 2.61. The lowest BCUT2D eigenvalue weighted by atomic mass is 10.2. The van der Waals surface area contributed by atoms with E-state index in [2.05, 4.69) is 11.4 Å². The molecule has 97 valence electrons. The van der Waals surface area contributed by atoms with Gasteiger partial charge in [0.15, 0.2) is 0 Å². The summed E-state index contributed by atoms with van der Waals surface area (Å²) < 4.78 is 25.9. The van der Waals surface area contributed by atoms with Crippen LogP contribution in [0.5, 0.6) is 0 Å². The lowest BCUT2D eigenvalue weighted by Crippen LogP contribution is -1.93. The number of hydrogen-bond acceptors (Lipinski definition) is 2. The third-order valence-corrected chi connectivity index (χ3v) is 2.53. The van der Waals surface area contributed by atoms with E-state index < -0.39 is 11.6 Å². The van der Waals surface area contributed by atoms with Gasteiger partial charge in [-0.3, -0.25) is 0 Å². The molecule has 0 aliphatic rings. The van der Waals surface area contributed by atoms with Crippen molar-refractivity contribution in [1.82, 2.24) is 0 Å². The van der Waals surface area contributed by atoms with Crippen molar-refractivity contribution in [2.45, 2.75) is 6.61 Å². The molecule has 19 heavy (non-hydrogen) atoms. The molecule has 0 N–H and O–H groups in total. The Balaban J connectivity index is 1.93. The molecule has 0 aromatic heterocycles. The SMILES string of the molecule is Fc1ccc(CO/N=[C]\c2cccc(Cl)c2)c(F)c1. The van der Waals surface area contributed by atoms with Gasteiger partial charge in [-0.2, -0.15) is 0 Å². The number of halogens is 3. The van der Waals surface area contributed by atoms with Crippen molar-refractivity contribution in [1.29, 1.82) is 0 Å². The van der Waals surface area contributed by atoms with Crippen LogP contribution in [0.15, 0.2) is 47.6 Å². The zero-order chi connectivity index (χ0) is 13.7. The summed E-state index contributed by atoms with van der Waals surface area (Å²) in [5.41, 5.74) is 0.866. The van der Waals surface area contributed by atoms with Crippen molar-refractivity contribution in [3.05, 3.63) is 70.2 Å². The van der Waals surface area contributed by atoms with Crippen molar-refractivity contribution in [3.8, 4) is 0 Å². The summed E-state index contributed by atoms with van der Waals surface area (Å²) in [5.74, 6) is -1.30. The number of benzene rings is 2. The first-order valence-electron chi connectivity index (χ1n) is 5.42. The van der Waals surface area contributed by atoms with Crippen LogP contribution in [0.4, 0.5) is 8.78 Å². The van der Waals surface area contributed by atoms with Gasteiger partial charge in [-0.15, -0.1) is 0 Å². The van der Waals surface area contributed by atoms with Gasteiger partial charge in [0.25, 0.3) is 0 Å². The Hall–Kier alpha value is -1.94. The molecule has 0 atom stereocenters. The van der Waals surface area contributed by atoms with Crippen LogP contribution in [-0.4, -0.2) is 6.21 Å². The first-order chi connectivity index (χ1) is 9.15. The highest BCUT2D eigenvalue weighted by Crippen LogP contribution is 2.11. The fraction of sp³-hybridized carbons (Fsp3) is 0.0714. The van der Waals surface area contributed by atoms with Crippen molar-refractivity contribution in [2.75, 3.05) is 0 Å². The first-order valence-corrected chi connectivity index (χ1v) is 5.80. The molecule has 5 heteroatoms. The largest absolute Gasteiger partial charge is 0.390 e. The van der Waals surface area contributed by atoms with Gasteiger partial charge in [0.1, 0.15) is 24.5 Å². The molecular weight excluding hydrogens is 272 g/mol. The van der Waals surface area contributed by atoms with Gasteiger partial charge in [-0.25, -0.2) is 8.78 Å². The Bertz CT molecular complexity index is 602. The van der Waals surface area contributed by atoms with Crippen LogP contribution in [0.1, 0.15) is 11.1 Å². The highest BCUT2D eigenvalue weighted by molar-refractivity contribution is 6.30. The van der Waals surface area contributed by atoms with Crippen LogP contribution in [0.3, 0.4) is 0 Å². The molecule has 1 radical (unpaired) electrons. The molecule has 2 aromatic carbocycles. The number of hydrogen-bond donors (Lipinski definition) is 0. The highest BCUT2D eigenvalue weighted by atomic mass is 35.5. The average Bonchev–Trinajstić information content (AvgIpc) is 2.37. The summed E-state index contributed by atoms with van der Waals surface area (Å²) in [7, 11) is 0. The zero-order valence-corrected chi connectivity index (χ0v) is 10.5. The Morgan fingerprint density at radius 1 is 1.16 bits per heavy atom. The summed E-state index contributed by atoms with van der Waals surface area (Å²) >= 11 is 5.78. The number of rotatable bonds is 4. The highest BCUT2D eigenvalue weighted by Gasteiger charge is 2.03.